The molecule has 4 aromatic carbocycles. The zero-order valence-corrected chi connectivity index (χ0v) is 21.5. The van der Waals surface area contributed by atoms with Crippen LogP contribution in [-0.4, -0.2) is 8.42 Å². The average molecular weight is 531 g/mol. The maximum Gasteiger partial charge on any atom is 0.416 e. The third kappa shape index (κ3) is 5.21. The van der Waals surface area contributed by atoms with Crippen LogP contribution in [0.3, 0.4) is 0 Å². The van der Waals surface area contributed by atoms with Crippen LogP contribution in [0.15, 0.2) is 117 Å². The van der Waals surface area contributed by atoms with Gasteiger partial charge in [-0.2, -0.15) is 21.6 Å². The highest BCUT2D eigenvalue weighted by molar-refractivity contribution is 8.33. The van der Waals surface area contributed by atoms with Crippen molar-refractivity contribution < 1.29 is 25.2 Å². The summed E-state index contributed by atoms with van der Waals surface area (Å²) in [5.41, 5.74) is 2.04. The van der Waals surface area contributed by atoms with Gasteiger partial charge in [0.15, 0.2) is 0 Å². The Labute approximate surface area is 211 Å². The van der Waals surface area contributed by atoms with Crippen molar-refractivity contribution in [3.63, 3.8) is 0 Å². The monoisotopic (exact) mass is 530 g/mol. The van der Waals surface area contributed by atoms with Gasteiger partial charge in [-0.15, -0.1) is 0 Å². The zero-order chi connectivity index (χ0) is 26.1. The van der Waals surface area contributed by atoms with Gasteiger partial charge in [-0.3, -0.25) is 0 Å². The number of alkyl halides is 3. The molecule has 0 N–H and O–H groups in total. The van der Waals surface area contributed by atoms with Crippen molar-refractivity contribution in [2.45, 2.75) is 46.5 Å². The second-order valence-electron chi connectivity index (χ2n) is 8.54. The molecule has 0 unspecified atom stereocenters. The molecule has 4 aromatic rings. The van der Waals surface area contributed by atoms with E-state index in [1.165, 1.54) is 0 Å². The fourth-order valence-electron chi connectivity index (χ4n) is 3.70. The van der Waals surface area contributed by atoms with E-state index in [1.54, 1.807) is 0 Å². The molecule has 0 heterocycles. The first-order chi connectivity index (χ1) is 16.9. The van der Waals surface area contributed by atoms with E-state index in [2.05, 4.69) is 0 Å². The molecule has 0 fully saturated rings. The largest absolute Gasteiger partial charge is 0.416 e. The van der Waals surface area contributed by atoms with Gasteiger partial charge in [0.25, 0.3) is 0 Å². The van der Waals surface area contributed by atoms with Crippen LogP contribution in [0, 0.1) is 20.8 Å². The number of benzene rings is 4. The highest BCUT2D eigenvalue weighted by Gasteiger charge is 2.39. The van der Waals surface area contributed by atoms with Crippen molar-refractivity contribution in [3.8, 4) is 0 Å². The molecule has 0 bridgehead atoms. The molecule has 3 nitrogen and oxygen atoms in total. The van der Waals surface area contributed by atoms with Crippen molar-refractivity contribution >= 4 is 20.4 Å². The van der Waals surface area contributed by atoms with Crippen LogP contribution in [0.4, 0.5) is 13.2 Å². The fraction of sp³-hybridized carbons (Fsp3) is 0.143. The molecule has 36 heavy (non-hydrogen) atoms. The third-order valence-electron chi connectivity index (χ3n) is 5.72. The Hall–Kier alpha value is -3.07. The van der Waals surface area contributed by atoms with Gasteiger partial charge in [-0.25, -0.2) is 3.63 Å². The van der Waals surface area contributed by atoms with Crippen LogP contribution in [0.1, 0.15) is 22.3 Å². The van der Waals surface area contributed by atoms with Gasteiger partial charge in [0, 0.05) is 14.7 Å². The average Bonchev–Trinajstić information content (AvgIpc) is 2.84. The lowest BCUT2D eigenvalue weighted by atomic mass is 10.2. The van der Waals surface area contributed by atoms with Crippen LogP contribution >= 0.6 is 10.3 Å². The molecule has 0 radical (unpaired) electrons. The molecule has 0 atom stereocenters. The Balaban J connectivity index is 1.96. The summed E-state index contributed by atoms with van der Waals surface area (Å²) in [4.78, 5) is 1.60. The molecule has 0 saturated carbocycles. The summed E-state index contributed by atoms with van der Waals surface area (Å²) in [5.74, 6) is 0. The van der Waals surface area contributed by atoms with Crippen molar-refractivity contribution in [3.05, 3.63) is 119 Å². The topological polar surface area (TPSA) is 43.4 Å². The molecule has 0 spiro atoms. The molecule has 8 heteroatoms. The Bertz CT molecular complexity index is 1330. The SMILES string of the molecule is Cc1ccc(S(OS(=O)(=O)c2ccc(C(F)(F)F)cc2)(c2ccc(C)cc2)c2ccc(C)cc2)cc1. The molecule has 188 valence electrons. The lowest BCUT2D eigenvalue weighted by Crippen LogP contribution is -2.15. The summed E-state index contributed by atoms with van der Waals surface area (Å²) in [6.07, 6.45) is -4.58. The second kappa shape index (κ2) is 9.76. The van der Waals surface area contributed by atoms with Crippen LogP contribution < -0.4 is 0 Å². The van der Waals surface area contributed by atoms with Gasteiger partial charge >= 0.3 is 16.3 Å². The van der Waals surface area contributed by atoms with Crippen LogP contribution in [0.5, 0.6) is 0 Å². The molecular weight excluding hydrogens is 505 g/mol. The first-order valence-corrected chi connectivity index (χ1v) is 14.1. The van der Waals surface area contributed by atoms with Gasteiger partial charge in [-0.05, 0) is 91.7 Å². The van der Waals surface area contributed by atoms with E-state index in [-0.39, 0.29) is 4.90 Å². The van der Waals surface area contributed by atoms with Crippen molar-refractivity contribution in [2.24, 2.45) is 0 Å². The molecular formula is C28H25F3O3S2. The standard InChI is InChI=1S/C28H25F3O3S2/c1-20-4-12-24(13-5-20)35(25-14-6-21(2)7-15-25,26-16-8-22(3)9-17-26)34-36(32,33)27-18-10-23(11-19-27)28(29,30)31/h4-19H,1-3H3. The molecule has 0 amide bonds. The highest BCUT2D eigenvalue weighted by atomic mass is 32.3. The lowest BCUT2D eigenvalue weighted by molar-refractivity contribution is -0.137. The first kappa shape index (κ1) is 26.0. The van der Waals surface area contributed by atoms with E-state index in [0.29, 0.717) is 14.7 Å². The normalized spacial score (nSPS) is 12.9. The minimum atomic E-state index is -4.58. The van der Waals surface area contributed by atoms with E-state index in [9.17, 15) is 21.6 Å². The van der Waals surface area contributed by atoms with Crippen LogP contribution in [0.2, 0.25) is 0 Å². The fourth-order valence-corrected chi connectivity index (χ4v) is 8.88. The predicted octanol–water partition coefficient (Wildman–Crippen LogP) is 8.23. The highest BCUT2D eigenvalue weighted by Crippen LogP contribution is 2.70. The molecule has 0 aliphatic rings. The van der Waals surface area contributed by atoms with Gasteiger partial charge < -0.3 is 0 Å². The minimum Gasteiger partial charge on any atom is -0.203 e. The van der Waals surface area contributed by atoms with E-state index >= 15 is 0 Å². The summed E-state index contributed by atoms with van der Waals surface area (Å²) >= 11 is 0. The summed E-state index contributed by atoms with van der Waals surface area (Å²) in [7, 11) is -7.32. The van der Waals surface area contributed by atoms with Gasteiger partial charge in [0.2, 0.25) is 0 Å². The number of rotatable bonds is 6. The summed E-state index contributed by atoms with van der Waals surface area (Å²) < 4.78 is 72.7. The van der Waals surface area contributed by atoms with Crippen LogP contribution in [0.25, 0.3) is 0 Å². The number of halogens is 3. The lowest BCUT2D eigenvalue weighted by Gasteiger charge is -2.39. The molecule has 0 aromatic heterocycles. The molecule has 4 rings (SSSR count). The molecule has 0 saturated heterocycles. The zero-order valence-electron chi connectivity index (χ0n) is 19.9. The predicted molar refractivity (Wildman–Crippen MR) is 136 cm³/mol. The number of hydrogen-bond acceptors (Lipinski definition) is 3. The third-order valence-corrected chi connectivity index (χ3v) is 10.9. The van der Waals surface area contributed by atoms with Gasteiger partial charge in [0.1, 0.15) is 0 Å². The van der Waals surface area contributed by atoms with E-state index < -0.39 is 32.2 Å². The van der Waals surface area contributed by atoms with Crippen molar-refractivity contribution in [2.75, 3.05) is 0 Å². The van der Waals surface area contributed by atoms with Crippen molar-refractivity contribution in [1.29, 1.82) is 0 Å². The van der Waals surface area contributed by atoms with Gasteiger partial charge in [0.05, 0.1) is 10.5 Å². The van der Waals surface area contributed by atoms with E-state index in [4.69, 9.17) is 3.63 Å². The Morgan fingerprint density at radius 2 is 0.833 bits per heavy atom. The van der Waals surface area contributed by atoms with E-state index in [1.807, 2.05) is 93.6 Å². The van der Waals surface area contributed by atoms with Crippen molar-refractivity contribution in [1.82, 2.24) is 0 Å². The summed E-state index contributed by atoms with van der Waals surface area (Å²) in [5, 5.41) is 0. The Kier molecular flexibility index (Phi) is 7.05. The quantitative estimate of drug-likeness (QED) is 0.252. The molecule has 0 aliphatic heterocycles. The number of aryl methyl sites for hydroxylation is 3. The van der Waals surface area contributed by atoms with Gasteiger partial charge in [-0.1, -0.05) is 53.1 Å². The maximum atomic E-state index is 13.6. The maximum absolute atomic E-state index is 13.6. The number of hydrogen-bond donors (Lipinski definition) is 0. The molecule has 0 aliphatic carbocycles. The Morgan fingerprint density at radius 3 is 1.14 bits per heavy atom. The van der Waals surface area contributed by atoms with E-state index in [0.717, 1.165) is 41.0 Å². The second-order valence-corrected chi connectivity index (χ2v) is 13.0. The summed E-state index contributed by atoms with van der Waals surface area (Å²) in [6, 6.07) is 25.7. The minimum absolute atomic E-state index is 0.348. The summed E-state index contributed by atoms with van der Waals surface area (Å²) in [6.45, 7) is 5.79. The first-order valence-electron chi connectivity index (χ1n) is 11.1. The Morgan fingerprint density at radius 1 is 0.528 bits per heavy atom. The smallest absolute Gasteiger partial charge is 0.203 e. The van der Waals surface area contributed by atoms with Crippen LogP contribution in [-0.2, 0) is 19.9 Å².